The van der Waals surface area contributed by atoms with Gasteiger partial charge in [0, 0.05) is 5.92 Å². The molecule has 0 aromatic carbocycles. The van der Waals surface area contributed by atoms with Crippen molar-refractivity contribution in [2.45, 2.75) is 20.3 Å². The zero-order chi connectivity index (χ0) is 7.56. The van der Waals surface area contributed by atoms with Gasteiger partial charge in [-0.2, -0.15) is 0 Å². The highest BCUT2D eigenvalue weighted by atomic mass is 16.3. The SMILES string of the molecule is CC1=CC(CO)C=C(C)C1. The molecule has 0 fully saturated rings. The molecule has 56 valence electrons. The molecule has 1 rings (SSSR count). The molecular formula is C9H14O. The Bertz CT molecular complexity index is 159. The average molecular weight is 138 g/mol. The molecule has 0 radical (unpaired) electrons. The van der Waals surface area contributed by atoms with Crippen molar-refractivity contribution in [3.8, 4) is 0 Å². The Morgan fingerprint density at radius 1 is 1.40 bits per heavy atom. The van der Waals surface area contributed by atoms with Crippen LogP contribution in [-0.2, 0) is 0 Å². The van der Waals surface area contributed by atoms with Gasteiger partial charge in [0.15, 0.2) is 0 Å². The molecule has 0 aromatic heterocycles. The van der Waals surface area contributed by atoms with Crippen LogP contribution in [0, 0.1) is 5.92 Å². The molecule has 0 atom stereocenters. The summed E-state index contributed by atoms with van der Waals surface area (Å²) in [6, 6.07) is 0. The molecule has 0 saturated carbocycles. The summed E-state index contributed by atoms with van der Waals surface area (Å²) < 4.78 is 0. The van der Waals surface area contributed by atoms with Crippen molar-refractivity contribution in [2.24, 2.45) is 5.92 Å². The highest BCUT2D eigenvalue weighted by Crippen LogP contribution is 2.20. The van der Waals surface area contributed by atoms with Crippen molar-refractivity contribution in [3.05, 3.63) is 23.3 Å². The quantitative estimate of drug-likeness (QED) is 0.548. The molecule has 0 spiro atoms. The first-order valence-electron chi connectivity index (χ1n) is 3.68. The van der Waals surface area contributed by atoms with Crippen LogP contribution in [0.1, 0.15) is 20.3 Å². The summed E-state index contributed by atoms with van der Waals surface area (Å²) in [5.74, 6) is 0.272. The van der Waals surface area contributed by atoms with Crippen LogP contribution in [0.5, 0.6) is 0 Å². The highest BCUT2D eigenvalue weighted by Gasteiger charge is 2.07. The molecule has 1 aliphatic rings. The van der Waals surface area contributed by atoms with E-state index < -0.39 is 0 Å². The molecule has 0 saturated heterocycles. The van der Waals surface area contributed by atoms with E-state index in [0.29, 0.717) is 0 Å². The Kier molecular flexibility index (Phi) is 2.28. The van der Waals surface area contributed by atoms with Gasteiger partial charge in [-0.25, -0.2) is 0 Å². The zero-order valence-corrected chi connectivity index (χ0v) is 6.59. The molecule has 0 bridgehead atoms. The summed E-state index contributed by atoms with van der Waals surface area (Å²) in [4.78, 5) is 0. The molecule has 0 unspecified atom stereocenters. The fourth-order valence-corrected chi connectivity index (χ4v) is 1.44. The van der Waals surface area contributed by atoms with Crippen LogP contribution in [0.2, 0.25) is 0 Å². The van der Waals surface area contributed by atoms with Gasteiger partial charge in [0.1, 0.15) is 0 Å². The van der Waals surface area contributed by atoms with Crippen LogP contribution in [0.15, 0.2) is 23.3 Å². The Labute approximate surface area is 62.1 Å². The summed E-state index contributed by atoms with van der Waals surface area (Å²) in [5, 5.41) is 8.84. The molecule has 0 aliphatic heterocycles. The van der Waals surface area contributed by atoms with Crippen LogP contribution in [-0.4, -0.2) is 11.7 Å². The third kappa shape index (κ3) is 1.71. The van der Waals surface area contributed by atoms with Gasteiger partial charge in [0.2, 0.25) is 0 Å². The third-order valence-electron chi connectivity index (χ3n) is 1.77. The van der Waals surface area contributed by atoms with Crippen LogP contribution in [0.3, 0.4) is 0 Å². The fourth-order valence-electron chi connectivity index (χ4n) is 1.44. The third-order valence-corrected chi connectivity index (χ3v) is 1.77. The Balaban J connectivity index is 2.67. The summed E-state index contributed by atoms with van der Waals surface area (Å²) in [6.45, 7) is 4.47. The zero-order valence-electron chi connectivity index (χ0n) is 6.59. The monoisotopic (exact) mass is 138 g/mol. The van der Waals surface area contributed by atoms with Gasteiger partial charge in [0.25, 0.3) is 0 Å². The second kappa shape index (κ2) is 3.02. The van der Waals surface area contributed by atoms with E-state index in [4.69, 9.17) is 5.11 Å². The van der Waals surface area contributed by atoms with E-state index in [1.165, 1.54) is 11.1 Å². The summed E-state index contributed by atoms with van der Waals surface area (Å²) in [7, 11) is 0. The maximum absolute atomic E-state index is 8.84. The number of aliphatic hydroxyl groups excluding tert-OH is 1. The first-order chi connectivity index (χ1) is 4.72. The van der Waals surface area contributed by atoms with Gasteiger partial charge in [-0.3, -0.25) is 0 Å². The van der Waals surface area contributed by atoms with Crippen molar-refractivity contribution in [1.29, 1.82) is 0 Å². The Morgan fingerprint density at radius 3 is 2.30 bits per heavy atom. The first-order valence-corrected chi connectivity index (χ1v) is 3.68. The lowest BCUT2D eigenvalue weighted by atomic mass is 9.94. The number of allylic oxidation sites excluding steroid dienone is 2. The first kappa shape index (κ1) is 7.55. The second-order valence-electron chi connectivity index (χ2n) is 3.05. The maximum Gasteiger partial charge on any atom is 0.0528 e. The smallest absolute Gasteiger partial charge is 0.0528 e. The molecule has 1 heteroatoms. The highest BCUT2D eigenvalue weighted by molar-refractivity contribution is 5.22. The number of hydrogen-bond acceptors (Lipinski definition) is 1. The van der Waals surface area contributed by atoms with Crippen molar-refractivity contribution >= 4 is 0 Å². The van der Waals surface area contributed by atoms with Gasteiger partial charge < -0.3 is 5.11 Å². The topological polar surface area (TPSA) is 20.2 Å². The summed E-state index contributed by atoms with van der Waals surface area (Å²) in [6.07, 6.45) is 5.34. The van der Waals surface area contributed by atoms with Gasteiger partial charge in [0.05, 0.1) is 6.61 Å². The van der Waals surface area contributed by atoms with Crippen LogP contribution in [0.25, 0.3) is 0 Å². The van der Waals surface area contributed by atoms with Crippen molar-refractivity contribution in [2.75, 3.05) is 6.61 Å². The van der Waals surface area contributed by atoms with E-state index in [0.717, 1.165) is 6.42 Å². The van der Waals surface area contributed by atoms with Gasteiger partial charge in [-0.05, 0) is 20.3 Å². The minimum atomic E-state index is 0.245. The molecule has 1 nitrogen and oxygen atoms in total. The molecular weight excluding hydrogens is 124 g/mol. The number of hydrogen-bond donors (Lipinski definition) is 1. The standard InChI is InChI=1S/C9H14O/c1-7-3-8(2)5-9(4-7)6-10/h4-5,9-10H,3,6H2,1-2H3. The molecule has 1 N–H and O–H groups in total. The molecule has 10 heavy (non-hydrogen) atoms. The van der Waals surface area contributed by atoms with Crippen molar-refractivity contribution in [1.82, 2.24) is 0 Å². The van der Waals surface area contributed by atoms with Gasteiger partial charge >= 0.3 is 0 Å². The van der Waals surface area contributed by atoms with E-state index in [2.05, 4.69) is 26.0 Å². The molecule has 0 aromatic rings. The van der Waals surface area contributed by atoms with E-state index in [9.17, 15) is 0 Å². The summed E-state index contributed by atoms with van der Waals surface area (Å²) in [5.41, 5.74) is 2.75. The van der Waals surface area contributed by atoms with E-state index >= 15 is 0 Å². The molecule has 1 aliphatic carbocycles. The fraction of sp³-hybridized carbons (Fsp3) is 0.556. The predicted octanol–water partition coefficient (Wildman–Crippen LogP) is 1.89. The lowest BCUT2D eigenvalue weighted by molar-refractivity contribution is 0.272. The van der Waals surface area contributed by atoms with Crippen LogP contribution in [0.4, 0.5) is 0 Å². The minimum Gasteiger partial charge on any atom is -0.395 e. The lowest BCUT2D eigenvalue weighted by Gasteiger charge is -2.14. The molecule has 0 heterocycles. The van der Waals surface area contributed by atoms with Crippen molar-refractivity contribution < 1.29 is 5.11 Å². The Morgan fingerprint density at radius 2 is 1.90 bits per heavy atom. The number of aliphatic hydroxyl groups is 1. The van der Waals surface area contributed by atoms with Gasteiger partial charge in [-0.1, -0.05) is 23.3 Å². The number of rotatable bonds is 1. The van der Waals surface area contributed by atoms with E-state index in [1.807, 2.05) is 0 Å². The minimum absolute atomic E-state index is 0.245. The second-order valence-corrected chi connectivity index (χ2v) is 3.05. The largest absolute Gasteiger partial charge is 0.395 e. The summed E-state index contributed by atoms with van der Waals surface area (Å²) >= 11 is 0. The van der Waals surface area contributed by atoms with Crippen LogP contribution >= 0.6 is 0 Å². The average Bonchev–Trinajstić information content (AvgIpc) is 1.85. The van der Waals surface area contributed by atoms with E-state index in [-0.39, 0.29) is 12.5 Å². The Hall–Kier alpha value is -0.560. The maximum atomic E-state index is 8.84. The lowest BCUT2D eigenvalue weighted by Crippen LogP contribution is -2.04. The van der Waals surface area contributed by atoms with Gasteiger partial charge in [-0.15, -0.1) is 0 Å². The normalized spacial score (nSPS) is 20.3. The van der Waals surface area contributed by atoms with E-state index in [1.54, 1.807) is 0 Å². The van der Waals surface area contributed by atoms with Crippen molar-refractivity contribution in [3.63, 3.8) is 0 Å². The van der Waals surface area contributed by atoms with Crippen LogP contribution < -0.4 is 0 Å². The molecule has 0 amide bonds. The predicted molar refractivity (Wildman–Crippen MR) is 42.7 cm³/mol.